The third-order valence-electron chi connectivity index (χ3n) is 3.76. The zero-order valence-electron chi connectivity index (χ0n) is 9.77. The summed E-state index contributed by atoms with van der Waals surface area (Å²) in [5.41, 5.74) is 17.0. The Labute approximate surface area is 104 Å². The normalized spacial score (nSPS) is 15.7. The summed E-state index contributed by atoms with van der Waals surface area (Å²) in [7, 11) is 0. The summed E-state index contributed by atoms with van der Waals surface area (Å²) >= 11 is 0. The van der Waals surface area contributed by atoms with E-state index in [-0.39, 0.29) is 0 Å². The molecule has 1 aromatic heterocycles. The molecule has 0 radical (unpaired) electrons. The van der Waals surface area contributed by atoms with Crippen LogP contribution >= 0.6 is 0 Å². The van der Waals surface area contributed by atoms with Gasteiger partial charge in [-0.25, -0.2) is 0 Å². The fourth-order valence-electron chi connectivity index (χ4n) is 2.97. The highest BCUT2D eigenvalue weighted by Crippen LogP contribution is 2.46. The van der Waals surface area contributed by atoms with Gasteiger partial charge in [0.15, 0.2) is 0 Å². The van der Waals surface area contributed by atoms with E-state index in [0.29, 0.717) is 0 Å². The number of H-pyrrole nitrogens is 1. The molecule has 1 aliphatic rings. The molecule has 3 nitrogen and oxygen atoms in total. The largest absolute Gasteiger partial charge is 0.354 e. The molecule has 88 valence electrons. The molecule has 0 aliphatic heterocycles. The first-order chi connectivity index (χ1) is 8.69. The first kappa shape index (κ1) is 9.88. The van der Waals surface area contributed by atoms with Gasteiger partial charge in [0, 0.05) is 27.6 Å². The molecule has 0 saturated heterocycles. The van der Waals surface area contributed by atoms with E-state index in [1.165, 1.54) is 0 Å². The second-order valence-corrected chi connectivity index (χ2v) is 4.84. The molecule has 18 heavy (non-hydrogen) atoms. The second kappa shape index (κ2) is 3.02. The molecule has 2 aromatic carbocycles. The highest BCUT2D eigenvalue weighted by atomic mass is 15.0. The van der Waals surface area contributed by atoms with Gasteiger partial charge in [-0.15, -0.1) is 0 Å². The molecular weight excluding hydrogens is 222 g/mol. The molecule has 5 N–H and O–H groups in total. The molecule has 0 saturated carbocycles. The van der Waals surface area contributed by atoms with Crippen molar-refractivity contribution in [2.45, 2.75) is 5.66 Å². The lowest BCUT2D eigenvalue weighted by molar-refractivity contribution is 0.589. The Hall–Kier alpha value is -2.10. The zero-order valence-corrected chi connectivity index (χ0v) is 9.77. The van der Waals surface area contributed by atoms with Crippen LogP contribution in [0.4, 0.5) is 0 Å². The molecule has 0 fully saturated rings. The summed E-state index contributed by atoms with van der Waals surface area (Å²) in [4.78, 5) is 3.43. The summed E-state index contributed by atoms with van der Waals surface area (Å²) in [6, 6.07) is 16.2. The molecule has 1 heterocycles. The van der Waals surface area contributed by atoms with Crippen molar-refractivity contribution in [3.8, 4) is 11.3 Å². The molecule has 4 rings (SSSR count). The van der Waals surface area contributed by atoms with Crippen molar-refractivity contribution in [1.29, 1.82) is 0 Å². The lowest BCUT2D eigenvalue weighted by atomic mass is 9.97. The van der Waals surface area contributed by atoms with Gasteiger partial charge in [0.25, 0.3) is 0 Å². The lowest BCUT2D eigenvalue weighted by Crippen LogP contribution is -2.45. The Morgan fingerprint density at radius 2 is 1.61 bits per heavy atom. The van der Waals surface area contributed by atoms with E-state index in [9.17, 15) is 0 Å². The smallest absolute Gasteiger partial charge is 0.120 e. The van der Waals surface area contributed by atoms with Crippen molar-refractivity contribution in [3.63, 3.8) is 0 Å². The molecule has 0 atom stereocenters. The molecule has 0 spiro atoms. The Morgan fingerprint density at radius 3 is 2.50 bits per heavy atom. The van der Waals surface area contributed by atoms with Crippen LogP contribution < -0.4 is 11.5 Å². The Balaban J connectivity index is 2.20. The Kier molecular flexibility index (Phi) is 1.66. The number of para-hydroxylation sites is 1. The topological polar surface area (TPSA) is 67.8 Å². The van der Waals surface area contributed by atoms with Crippen LogP contribution in [-0.2, 0) is 5.66 Å². The number of benzene rings is 2. The number of nitrogens with one attached hydrogen (secondary N) is 1. The number of aromatic amines is 1. The van der Waals surface area contributed by atoms with Crippen LogP contribution in [0.25, 0.3) is 22.2 Å². The zero-order chi connectivity index (χ0) is 12.3. The third kappa shape index (κ3) is 1.01. The molecule has 0 unspecified atom stereocenters. The molecule has 3 aromatic rings. The Morgan fingerprint density at radius 1 is 0.889 bits per heavy atom. The van der Waals surface area contributed by atoms with Crippen molar-refractivity contribution >= 4 is 10.9 Å². The minimum atomic E-state index is -0.911. The van der Waals surface area contributed by atoms with Crippen LogP contribution in [0.5, 0.6) is 0 Å². The monoisotopic (exact) mass is 235 g/mol. The Bertz CT molecular complexity index is 768. The van der Waals surface area contributed by atoms with Crippen molar-refractivity contribution in [3.05, 3.63) is 59.7 Å². The van der Waals surface area contributed by atoms with Gasteiger partial charge in [-0.05, 0) is 6.07 Å². The number of nitrogens with two attached hydrogens (primary N) is 2. The predicted molar refractivity (Wildman–Crippen MR) is 72.9 cm³/mol. The van der Waals surface area contributed by atoms with E-state index >= 15 is 0 Å². The van der Waals surface area contributed by atoms with E-state index in [0.717, 1.165) is 33.3 Å². The van der Waals surface area contributed by atoms with E-state index in [1.54, 1.807) is 0 Å². The minimum absolute atomic E-state index is 0.911. The highest BCUT2D eigenvalue weighted by molar-refractivity contribution is 5.96. The van der Waals surface area contributed by atoms with E-state index in [4.69, 9.17) is 11.5 Å². The minimum Gasteiger partial charge on any atom is -0.354 e. The molecule has 3 heteroatoms. The van der Waals surface area contributed by atoms with Gasteiger partial charge in [-0.2, -0.15) is 0 Å². The van der Waals surface area contributed by atoms with Gasteiger partial charge >= 0.3 is 0 Å². The van der Waals surface area contributed by atoms with Crippen LogP contribution in [0.2, 0.25) is 0 Å². The number of rotatable bonds is 0. The van der Waals surface area contributed by atoms with Gasteiger partial charge in [0.1, 0.15) is 5.66 Å². The maximum atomic E-state index is 6.37. The van der Waals surface area contributed by atoms with Crippen LogP contribution in [0.1, 0.15) is 11.1 Å². The van der Waals surface area contributed by atoms with E-state index < -0.39 is 5.66 Å². The van der Waals surface area contributed by atoms with Crippen LogP contribution in [0, 0.1) is 0 Å². The van der Waals surface area contributed by atoms with Gasteiger partial charge in [-0.3, -0.25) is 0 Å². The second-order valence-electron chi connectivity index (χ2n) is 4.84. The first-order valence-corrected chi connectivity index (χ1v) is 5.98. The summed E-state index contributed by atoms with van der Waals surface area (Å²) in [5, 5.41) is 1.11. The average molecular weight is 235 g/mol. The van der Waals surface area contributed by atoms with Crippen molar-refractivity contribution in [1.82, 2.24) is 4.98 Å². The molecule has 0 bridgehead atoms. The maximum absolute atomic E-state index is 6.37. The number of hydrogen-bond acceptors (Lipinski definition) is 2. The van der Waals surface area contributed by atoms with Crippen LogP contribution in [-0.4, -0.2) is 4.98 Å². The fraction of sp³-hybridized carbons (Fsp3) is 0.0667. The lowest BCUT2D eigenvalue weighted by Gasteiger charge is -2.21. The molecule has 1 aliphatic carbocycles. The summed E-state index contributed by atoms with van der Waals surface area (Å²) in [6.07, 6.45) is 0. The highest BCUT2D eigenvalue weighted by Gasteiger charge is 2.39. The summed E-state index contributed by atoms with van der Waals surface area (Å²) in [6.45, 7) is 0. The molecular formula is C15H13N3. The van der Waals surface area contributed by atoms with Gasteiger partial charge in [0.2, 0.25) is 0 Å². The van der Waals surface area contributed by atoms with Crippen molar-refractivity contribution in [2.75, 3.05) is 0 Å². The number of fused-ring (bicyclic) bond motifs is 5. The van der Waals surface area contributed by atoms with Gasteiger partial charge < -0.3 is 16.5 Å². The van der Waals surface area contributed by atoms with Crippen molar-refractivity contribution in [2.24, 2.45) is 11.5 Å². The SMILES string of the molecule is NC1(N)c2ccccc2-c2[nH]c3ccccc3c21. The van der Waals surface area contributed by atoms with Gasteiger partial charge in [-0.1, -0.05) is 42.5 Å². The standard InChI is InChI=1S/C15H13N3/c16-15(17)11-7-3-1-5-9(11)14-13(15)10-6-2-4-8-12(10)18-14/h1-8,18H,16-17H2. The molecule has 0 amide bonds. The van der Waals surface area contributed by atoms with Crippen molar-refractivity contribution < 1.29 is 0 Å². The summed E-state index contributed by atoms with van der Waals surface area (Å²) in [5.74, 6) is 0. The number of hydrogen-bond donors (Lipinski definition) is 3. The van der Waals surface area contributed by atoms with E-state index in [1.807, 2.05) is 36.4 Å². The summed E-state index contributed by atoms with van der Waals surface area (Å²) < 4.78 is 0. The van der Waals surface area contributed by atoms with E-state index in [2.05, 4.69) is 17.1 Å². The maximum Gasteiger partial charge on any atom is 0.120 e. The van der Waals surface area contributed by atoms with Gasteiger partial charge in [0.05, 0.1) is 5.69 Å². The first-order valence-electron chi connectivity index (χ1n) is 5.98. The third-order valence-corrected chi connectivity index (χ3v) is 3.76. The predicted octanol–water partition coefficient (Wildman–Crippen LogP) is 2.27. The fourth-order valence-corrected chi connectivity index (χ4v) is 2.97. The average Bonchev–Trinajstić information content (AvgIpc) is 2.86. The quantitative estimate of drug-likeness (QED) is 0.523. The van der Waals surface area contributed by atoms with Crippen LogP contribution in [0.15, 0.2) is 48.5 Å². The van der Waals surface area contributed by atoms with Crippen LogP contribution in [0.3, 0.4) is 0 Å². The number of aromatic nitrogens is 1.